The molecule has 2 rings (SSSR count). The molecule has 0 aromatic rings. The van der Waals surface area contributed by atoms with Gasteiger partial charge in [0.2, 0.25) is 5.91 Å². The largest absolute Gasteiger partial charge is 0.327 e. The third-order valence-corrected chi connectivity index (χ3v) is 2.61. The Bertz CT molecular complexity index is 290. The van der Waals surface area contributed by atoms with Crippen LogP contribution in [0.4, 0.5) is 0 Å². The summed E-state index contributed by atoms with van der Waals surface area (Å²) in [7, 11) is 0. The van der Waals surface area contributed by atoms with Crippen LogP contribution in [0.15, 0.2) is 12.7 Å². The molecule has 2 amide bonds. The number of carbonyl (C=O) groups excluding carboxylic acids is 2. The molecular weight excluding hydrogens is 184 g/mol. The highest BCUT2D eigenvalue weighted by atomic mass is 16.7. The molecule has 5 heteroatoms. The van der Waals surface area contributed by atoms with Crippen molar-refractivity contribution in [2.45, 2.75) is 12.5 Å². The normalized spacial score (nSPS) is 32.1. The molecular formula is C9H12N2O3. The van der Waals surface area contributed by atoms with Crippen LogP contribution in [0.25, 0.3) is 0 Å². The van der Waals surface area contributed by atoms with Gasteiger partial charge in [-0.15, -0.1) is 6.58 Å². The van der Waals surface area contributed by atoms with Crippen molar-refractivity contribution in [2.24, 2.45) is 5.92 Å². The molecule has 2 saturated heterocycles. The van der Waals surface area contributed by atoms with Crippen LogP contribution in [0.2, 0.25) is 0 Å². The molecule has 0 aromatic heterocycles. The maximum absolute atomic E-state index is 11.5. The highest BCUT2D eigenvalue weighted by Crippen LogP contribution is 2.22. The van der Waals surface area contributed by atoms with Gasteiger partial charge in [-0.05, 0) is 0 Å². The summed E-state index contributed by atoms with van der Waals surface area (Å²) < 4.78 is 0. The van der Waals surface area contributed by atoms with Crippen LogP contribution < -0.4 is 5.48 Å². The Morgan fingerprint density at radius 2 is 2.36 bits per heavy atom. The number of carbonyl (C=O) groups is 2. The Morgan fingerprint density at radius 1 is 1.57 bits per heavy atom. The summed E-state index contributed by atoms with van der Waals surface area (Å²) in [4.78, 5) is 29.1. The number of amides is 2. The van der Waals surface area contributed by atoms with E-state index >= 15 is 0 Å². The fourth-order valence-corrected chi connectivity index (χ4v) is 1.79. The van der Waals surface area contributed by atoms with Crippen LogP contribution in [0.1, 0.15) is 6.42 Å². The molecule has 1 unspecified atom stereocenters. The molecule has 5 nitrogen and oxygen atoms in total. The molecule has 0 aliphatic carbocycles. The quantitative estimate of drug-likeness (QED) is 0.603. The summed E-state index contributed by atoms with van der Waals surface area (Å²) in [5.74, 6) is -0.0699. The van der Waals surface area contributed by atoms with E-state index in [1.165, 1.54) is 0 Å². The molecule has 0 bridgehead atoms. The Balaban J connectivity index is 2.07. The minimum Gasteiger partial charge on any atom is -0.327 e. The van der Waals surface area contributed by atoms with Crippen LogP contribution in [-0.2, 0) is 14.4 Å². The Labute approximate surface area is 81.7 Å². The van der Waals surface area contributed by atoms with Crippen molar-refractivity contribution in [1.82, 2.24) is 10.4 Å². The van der Waals surface area contributed by atoms with E-state index in [4.69, 9.17) is 4.84 Å². The lowest BCUT2D eigenvalue weighted by molar-refractivity contribution is -0.135. The van der Waals surface area contributed by atoms with Gasteiger partial charge in [0.15, 0.2) is 0 Å². The van der Waals surface area contributed by atoms with Crippen molar-refractivity contribution >= 4 is 11.8 Å². The summed E-state index contributed by atoms with van der Waals surface area (Å²) in [6, 6.07) is -0.451. The number of hydroxylamine groups is 1. The van der Waals surface area contributed by atoms with Gasteiger partial charge in [-0.1, -0.05) is 6.08 Å². The molecule has 0 aromatic carbocycles. The monoisotopic (exact) mass is 196 g/mol. The fraction of sp³-hybridized carbons (Fsp3) is 0.556. The van der Waals surface area contributed by atoms with Gasteiger partial charge in [-0.25, -0.2) is 5.48 Å². The maximum Gasteiger partial charge on any atom is 0.268 e. The summed E-state index contributed by atoms with van der Waals surface area (Å²) in [6.07, 6.45) is 2.21. The fourth-order valence-electron chi connectivity index (χ4n) is 1.79. The van der Waals surface area contributed by atoms with Crippen molar-refractivity contribution in [2.75, 3.05) is 13.2 Å². The standard InChI is InChI=1S/C9H12N2O3/c1-2-6-3-8(12)11(4-6)7-5-14-10-9(7)13/h2,6-7H,1,3-5H2,(H,10,13)/t6?,7-/m0/s1. The molecule has 0 saturated carbocycles. The average Bonchev–Trinajstić information content (AvgIpc) is 2.72. The number of likely N-dealkylation sites (tertiary alicyclic amines) is 1. The Hall–Kier alpha value is -1.36. The first kappa shape index (κ1) is 9.21. The number of nitrogens with one attached hydrogen (secondary N) is 1. The molecule has 2 aliphatic rings. The summed E-state index contributed by atoms with van der Waals surface area (Å²) >= 11 is 0. The van der Waals surface area contributed by atoms with Crippen LogP contribution in [0, 0.1) is 5.92 Å². The summed E-state index contributed by atoms with van der Waals surface area (Å²) in [6.45, 7) is 4.46. The van der Waals surface area contributed by atoms with Crippen molar-refractivity contribution in [3.8, 4) is 0 Å². The topological polar surface area (TPSA) is 58.6 Å². The summed E-state index contributed by atoms with van der Waals surface area (Å²) in [5.41, 5.74) is 2.24. The highest BCUT2D eigenvalue weighted by Gasteiger charge is 2.39. The summed E-state index contributed by atoms with van der Waals surface area (Å²) in [5, 5.41) is 0. The van der Waals surface area contributed by atoms with Gasteiger partial charge in [0, 0.05) is 18.9 Å². The third kappa shape index (κ3) is 1.39. The first-order valence-electron chi connectivity index (χ1n) is 4.56. The highest BCUT2D eigenvalue weighted by molar-refractivity contribution is 5.89. The molecule has 2 fully saturated rings. The van der Waals surface area contributed by atoms with Crippen LogP contribution in [0.5, 0.6) is 0 Å². The van der Waals surface area contributed by atoms with Gasteiger partial charge in [-0.3, -0.25) is 14.4 Å². The van der Waals surface area contributed by atoms with E-state index < -0.39 is 6.04 Å². The zero-order valence-electron chi connectivity index (χ0n) is 7.73. The lowest BCUT2D eigenvalue weighted by atomic mass is 10.1. The van der Waals surface area contributed by atoms with Crippen molar-refractivity contribution in [3.05, 3.63) is 12.7 Å². The predicted octanol–water partition coefficient (Wildman–Crippen LogP) is -0.549. The zero-order chi connectivity index (χ0) is 10.1. The molecule has 2 atom stereocenters. The van der Waals surface area contributed by atoms with Crippen molar-refractivity contribution < 1.29 is 14.4 Å². The van der Waals surface area contributed by atoms with E-state index in [1.807, 2.05) is 0 Å². The van der Waals surface area contributed by atoms with E-state index in [9.17, 15) is 9.59 Å². The van der Waals surface area contributed by atoms with Crippen molar-refractivity contribution in [3.63, 3.8) is 0 Å². The molecule has 14 heavy (non-hydrogen) atoms. The van der Waals surface area contributed by atoms with Crippen LogP contribution >= 0.6 is 0 Å². The van der Waals surface area contributed by atoms with E-state index in [2.05, 4.69) is 12.1 Å². The van der Waals surface area contributed by atoms with Crippen molar-refractivity contribution in [1.29, 1.82) is 0 Å². The van der Waals surface area contributed by atoms with Gasteiger partial charge in [0.05, 0.1) is 0 Å². The number of hydrogen-bond acceptors (Lipinski definition) is 3. The Morgan fingerprint density at radius 3 is 2.86 bits per heavy atom. The SMILES string of the molecule is C=CC1CC(=O)N([C@H]2CONC2=O)C1. The van der Waals surface area contributed by atoms with E-state index in [0.717, 1.165) is 0 Å². The second-order valence-corrected chi connectivity index (χ2v) is 3.54. The molecule has 0 spiro atoms. The first-order valence-corrected chi connectivity index (χ1v) is 4.56. The maximum atomic E-state index is 11.5. The van der Waals surface area contributed by atoms with Gasteiger partial charge in [0.25, 0.3) is 5.91 Å². The smallest absolute Gasteiger partial charge is 0.268 e. The number of nitrogens with zero attached hydrogens (tertiary/aromatic N) is 1. The minimum absolute atomic E-state index is 0.000509. The van der Waals surface area contributed by atoms with E-state index in [-0.39, 0.29) is 24.3 Å². The number of rotatable bonds is 2. The van der Waals surface area contributed by atoms with E-state index in [1.54, 1.807) is 11.0 Å². The molecule has 1 N–H and O–H groups in total. The van der Waals surface area contributed by atoms with Gasteiger partial charge >= 0.3 is 0 Å². The average molecular weight is 196 g/mol. The van der Waals surface area contributed by atoms with E-state index in [0.29, 0.717) is 13.0 Å². The molecule has 0 radical (unpaired) electrons. The van der Waals surface area contributed by atoms with Crippen LogP contribution in [-0.4, -0.2) is 35.9 Å². The predicted molar refractivity (Wildman–Crippen MR) is 47.9 cm³/mol. The molecule has 2 heterocycles. The molecule has 76 valence electrons. The second-order valence-electron chi connectivity index (χ2n) is 3.54. The lowest BCUT2D eigenvalue weighted by Gasteiger charge is -2.19. The van der Waals surface area contributed by atoms with Gasteiger partial charge in [0.1, 0.15) is 12.6 Å². The number of hydrogen-bond donors (Lipinski definition) is 1. The lowest BCUT2D eigenvalue weighted by Crippen LogP contribution is -2.43. The zero-order valence-corrected chi connectivity index (χ0v) is 7.73. The second kappa shape index (κ2) is 3.42. The first-order chi connectivity index (χ1) is 6.72. The van der Waals surface area contributed by atoms with Gasteiger partial charge < -0.3 is 4.90 Å². The molecule has 2 aliphatic heterocycles. The minimum atomic E-state index is -0.451. The van der Waals surface area contributed by atoms with Gasteiger partial charge in [-0.2, -0.15) is 0 Å². The van der Waals surface area contributed by atoms with Crippen LogP contribution in [0.3, 0.4) is 0 Å². The Kier molecular flexibility index (Phi) is 2.25. The third-order valence-electron chi connectivity index (χ3n) is 2.61.